The fourth-order valence-electron chi connectivity index (χ4n) is 3.81. The number of benzene rings is 1. The first-order chi connectivity index (χ1) is 12.7. The SMILES string of the molecule is CCNC(=NCC1(c2ccccc2)CCCC1)NCCNC(=O)C1CC1. The fourth-order valence-corrected chi connectivity index (χ4v) is 3.81. The highest BCUT2D eigenvalue weighted by Crippen LogP contribution is 2.41. The molecule has 1 amide bonds. The highest BCUT2D eigenvalue weighted by molar-refractivity contribution is 5.81. The molecule has 2 aliphatic carbocycles. The molecule has 5 heteroatoms. The zero-order chi connectivity index (χ0) is 18.2. The van der Waals surface area contributed by atoms with E-state index in [2.05, 4.69) is 53.2 Å². The molecule has 0 bridgehead atoms. The van der Waals surface area contributed by atoms with Gasteiger partial charge in [0, 0.05) is 31.0 Å². The van der Waals surface area contributed by atoms with Crippen molar-refractivity contribution < 1.29 is 4.79 Å². The lowest BCUT2D eigenvalue weighted by Crippen LogP contribution is -2.42. The van der Waals surface area contributed by atoms with Crippen LogP contribution < -0.4 is 16.0 Å². The van der Waals surface area contributed by atoms with Crippen LogP contribution in [-0.4, -0.2) is 38.0 Å². The van der Waals surface area contributed by atoms with Gasteiger partial charge in [-0.1, -0.05) is 43.2 Å². The highest BCUT2D eigenvalue weighted by atomic mass is 16.2. The van der Waals surface area contributed by atoms with Crippen molar-refractivity contribution in [3.05, 3.63) is 35.9 Å². The lowest BCUT2D eigenvalue weighted by Gasteiger charge is -2.28. The predicted molar refractivity (Wildman–Crippen MR) is 106 cm³/mol. The topological polar surface area (TPSA) is 65.5 Å². The van der Waals surface area contributed by atoms with E-state index in [0.717, 1.165) is 31.9 Å². The van der Waals surface area contributed by atoms with E-state index in [4.69, 9.17) is 4.99 Å². The lowest BCUT2D eigenvalue weighted by molar-refractivity contribution is -0.122. The van der Waals surface area contributed by atoms with Crippen LogP contribution in [0.15, 0.2) is 35.3 Å². The Balaban J connectivity index is 1.55. The summed E-state index contributed by atoms with van der Waals surface area (Å²) in [5.41, 5.74) is 1.58. The van der Waals surface area contributed by atoms with E-state index in [9.17, 15) is 4.79 Å². The molecule has 0 saturated heterocycles. The number of aliphatic imine (C=N–C) groups is 1. The first-order valence-electron chi connectivity index (χ1n) is 10.1. The number of nitrogens with one attached hydrogen (secondary N) is 3. The number of nitrogens with zero attached hydrogens (tertiary/aromatic N) is 1. The minimum absolute atomic E-state index is 0.170. The van der Waals surface area contributed by atoms with Crippen LogP contribution in [0.5, 0.6) is 0 Å². The van der Waals surface area contributed by atoms with Crippen molar-refractivity contribution in [1.82, 2.24) is 16.0 Å². The minimum atomic E-state index is 0.170. The van der Waals surface area contributed by atoms with Gasteiger partial charge in [-0.2, -0.15) is 0 Å². The average Bonchev–Trinajstić information content (AvgIpc) is 3.42. The molecular weight excluding hydrogens is 324 g/mol. The van der Waals surface area contributed by atoms with Crippen molar-refractivity contribution in [2.24, 2.45) is 10.9 Å². The normalized spacial score (nSPS) is 19.2. The standard InChI is InChI=1S/C21H32N4O/c1-2-22-20(24-15-14-23-19(26)17-10-11-17)25-16-21(12-6-7-13-21)18-8-4-3-5-9-18/h3-5,8-9,17H,2,6-7,10-16H2,1H3,(H,23,26)(H2,22,24,25). The van der Waals surface area contributed by atoms with Crippen LogP contribution in [0, 0.1) is 5.92 Å². The van der Waals surface area contributed by atoms with E-state index in [0.29, 0.717) is 13.1 Å². The molecule has 3 N–H and O–H groups in total. The quantitative estimate of drug-likeness (QED) is 0.381. The predicted octanol–water partition coefficient (Wildman–Crippen LogP) is 2.58. The second-order valence-electron chi connectivity index (χ2n) is 7.54. The van der Waals surface area contributed by atoms with Crippen molar-refractivity contribution >= 4 is 11.9 Å². The molecule has 2 fully saturated rings. The molecule has 0 atom stereocenters. The maximum Gasteiger partial charge on any atom is 0.223 e. The molecule has 0 radical (unpaired) electrons. The number of rotatable bonds is 8. The Bertz CT molecular complexity index is 604. The first kappa shape index (κ1) is 18.7. The number of hydrogen-bond donors (Lipinski definition) is 3. The maximum absolute atomic E-state index is 11.7. The van der Waals surface area contributed by atoms with E-state index >= 15 is 0 Å². The minimum Gasteiger partial charge on any atom is -0.357 e. The van der Waals surface area contributed by atoms with Gasteiger partial charge >= 0.3 is 0 Å². The van der Waals surface area contributed by atoms with E-state index in [1.54, 1.807) is 0 Å². The van der Waals surface area contributed by atoms with Crippen LogP contribution in [0.25, 0.3) is 0 Å². The fraction of sp³-hybridized carbons (Fsp3) is 0.619. The average molecular weight is 357 g/mol. The molecule has 142 valence electrons. The van der Waals surface area contributed by atoms with Crippen LogP contribution in [0.2, 0.25) is 0 Å². The molecule has 5 nitrogen and oxygen atoms in total. The van der Waals surface area contributed by atoms with Gasteiger partial charge in [-0.15, -0.1) is 0 Å². The molecule has 26 heavy (non-hydrogen) atoms. The van der Waals surface area contributed by atoms with Crippen molar-refractivity contribution in [3.63, 3.8) is 0 Å². The molecule has 1 aromatic carbocycles. The number of amides is 1. The number of carbonyl (C=O) groups excluding carboxylic acids is 1. The Morgan fingerprint density at radius 3 is 2.42 bits per heavy atom. The smallest absolute Gasteiger partial charge is 0.223 e. The Morgan fingerprint density at radius 1 is 1.08 bits per heavy atom. The van der Waals surface area contributed by atoms with Crippen molar-refractivity contribution in [3.8, 4) is 0 Å². The monoisotopic (exact) mass is 356 g/mol. The number of hydrogen-bond acceptors (Lipinski definition) is 2. The van der Waals surface area contributed by atoms with Gasteiger partial charge in [0.25, 0.3) is 0 Å². The van der Waals surface area contributed by atoms with Gasteiger partial charge < -0.3 is 16.0 Å². The first-order valence-corrected chi connectivity index (χ1v) is 10.1. The zero-order valence-corrected chi connectivity index (χ0v) is 15.9. The summed E-state index contributed by atoms with van der Waals surface area (Å²) in [6.45, 7) is 5.06. The van der Waals surface area contributed by atoms with Gasteiger partial charge in [0.2, 0.25) is 5.91 Å². The summed E-state index contributed by atoms with van der Waals surface area (Å²) in [6.07, 6.45) is 7.06. The van der Waals surface area contributed by atoms with Gasteiger partial charge in [0.05, 0.1) is 6.54 Å². The molecule has 0 aliphatic heterocycles. The van der Waals surface area contributed by atoms with Crippen LogP contribution >= 0.6 is 0 Å². The third kappa shape index (κ3) is 4.99. The molecule has 0 spiro atoms. The molecule has 0 heterocycles. The number of guanidine groups is 1. The van der Waals surface area contributed by atoms with E-state index in [1.807, 2.05) is 0 Å². The summed E-state index contributed by atoms with van der Waals surface area (Å²) in [5.74, 6) is 1.31. The van der Waals surface area contributed by atoms with Crippen LogP contribution in [0.3, 0.4) is 0 Å². The second-order valence-corrected chi connectivity index (χ2v) is 7.54. The molecule has 3 rings (SSSR count). The molecular formula is C21H32N4O. The Kier molecular flexibility index (Phi) is 6.53. The van der Waals surface area contributed by atoms with Crippen molar-refractivity contribution in [2.45, 2.75) is 50.9 Å². The van der Waals surface area contributed by atoms with Crippen LogP contribution in [0.4, 0.5) is 0 Å². The van der Waals surface area contributed by atoms with Crippen molar-refractivity contribution in [2.75, 3.05) is 26.2 Å². The summed E-state index contributed by atoms with van der Waals surface area (Å²) in [5, 5.41) is 9.67. The summed E-state index contributed by atoms with van der Waals surface area (Å²) in [6, 6.07) is 10.8. The zero-order valence-electron chi connectivity index (χ0n) is 15.9. The van der Waals surface area contributed by atoms with Crippen molar-refractivity contribution in [1.29, 1.82) is 0 Å². The lowest BCUT2D eigenvalue weighted by atomic mass is 9.79. The molecule has 0 aromatic heterocycles. The molecule has 1 aromatic rings. The second kappa shape index (κ2) is 9.06. The largest absolute Gasteiger partial charge is 0.357 e. The van der Waals surface area contributed by atoms with Gasteiger partial charge in [-0.05, 0) is 38.2 Å². The van der Waals surface area contributed by atoms with Gasteiger partial charge in [-0.25, -0.2) is 0 Å². The maximum atomic E-state index is 11.7. The van der Waals surface area contributed by atoms with Crippen LogP contribution in [-0.2, 0) is 10.2 Å². The van der Waals surface area contributed by atoms with E-state index in [1.165, 1.54) is 31.2 Å². The Morgan fingerprint density at radius 2 is 1.77 bits per heavy atom. The Hall–Kier alpha value is -2.04. The highest BCUT2D eigenvalue weighted by Gasteiger charge is 2.35. The molecule has 2 saturated carbocycles. The molecule has 2 aliphatic rings. The van der Waals surface area contributed by atoms with E-state index < -0.39 is 0 Å². The number of carbonyl (C=O) groups is 1. The van der Waals surface area contributed by atoms with Gasteiger partial charge in [0.1, 0.15) is 0 Å². The summed E-state index contributed by atoms with van der Waals surface area (Å²) in [4.78, 5) is 16.6. The van der Waals surface area contributed by atoms with Gasteiger partial charge in [0.15, 0.2) is 5.96 Å². The van der Waals surface area contributed by atoms with Gasteiger partial charge in [-0.3, -0.25) is 9.79 Å². The summed E-state index contributed by atoms with van der Waals surface area (Å²) < 4.78 is 0. The molecule has 0 unspecified atom stereocenters. The third-order valence-electron chi connectivity index (χ3n) is 5.50. The van der Waals surface area contributed by atoms with Crippen LogP contribution in [0.1, 0.15) is 51.0 Å². The Labute approximate surface area is 157 Å². The van der Waals surface area contributed by atoms with E-state index in [-0.39, 0.29) is 17.2 Å². The summed E-state index contributed by atoms with van der Waals surface area (Å²) >= 11 is 0. The summed E-state index contributed by atoms with van der Waals surface area (Å²) in [7, 11) is 0. The third-order valence-corrected chi connectivity index (χ3v) is 5.50.